The molecule has 1 amide bonds. The van der Waals surface area contributed by atoms with Crippen molar-refractivity contribution in [1.29, 1.82) is 0 Å². The van der Waals surface area contributed by atoms with Gasteiger partial charge in [0.1, 0.15) is 0 Å². The average molecular weight is 746 g/mol. The molecular formula is C41H47N9O5. The predicted octanol–water partition coefficient (Wildman–Crippen LogP) is 5.62. The monoisotopic (exact) mass is 745 g/mol. The highest BCUT2D eigenvalue weighted by molar-refractivity contribution is 5.94. The van der Waals surface area contributed by atoms with Crippen LogP contribution < -0.4 is 25.8 Å². The van der Waals surface area contributed by atoms with E-state index in [9.17, 15) is 14.9 Å². The normalized spacial score (nSPS) is 12.7. The molecule has 3 N–H and O–H groups in total. The molecule has 0 aliphatic carbocycles. The van der Waals surface area contributed by atoms with E-state index < -0.39 is 0 Å². The summed E-state index contributed by atoms with van der Waals surface area (Å²) < 4.78 is 11.4. The second kappa shape index (κ2) is 20.4. The number of benzene rings is 4. The second-order valence-corrected chi connectivity index (χ2v) is 12.9. The molecule has 5 aromatic rings. The SMILES string of the molecule is O=C(NCCOCCOCCNc1nc(NCCC(c2ccccc2)c2ccccc2)nc(N2CCN(c3ccc([N+](=O)[O-])cc3)CC2)n1)c1ccccc1. The van der Waals surface area contributed by atoms with Gasteiger partial charge in [-0.1, -0.05) is 78.9 Å². The number of hydrogen-bond donors (Lipinski definition) is 3. The Bertz CT molecular complexity index is 1870. The maximum Gasteiger partial charge on any atom is 0.269 e. The van der Waals surface area contributed by atoms with E-state index in [1.165, 1.54) is 23.3 Å². The number of anilines is 4. The zero-order valence-corrected chi connectivity index (χ0v) is 30.8. The molecule has 1 aliphatic heterocycles. The van der Waals surface area contributed by atoms with Crippen molar-refractivity contribution in [3.63, 3.8) is 0 Å². The highest BCUT2D eigenvalue weighted by Crippen LogP contribution is 2.28. The van der Waals surface area contributed by atoms with Crippen molar-refractivity contribution in [1.82, 2.24) is 20.3 Å². The zero-order valence-electron chi connectivity index (χ0n) is 30.8. The maximum atomic E-state index is 12.1. The summed E-state index contributed by atoms with van der Waals surface area (Å²) in [6, 6.07) is 36.7. The molecule has 6 rings (SSSR count). The highest BCUT2D eigenvalue weighted by atomic mass is 16.6. The third kappa shape index (κ3) is 11.7. The number of carbonyl (C=O) groups is 1. The second-order valence-electron chi connectivity index (χ2n) is 12.9. The van der Waals surface area contributed by atoms with Gasteiger partial charge in [-0.2, -0.15) is 15.0 Å². The van der Waals surface area contributed by atoms with Crippen LogP contribution in [0.25, 0.3) is 0 Å². The van der Waals surface area contributed by atoms with Crippen LogP contribution in [-0.4, -0.2) is 98.0 Å². The smallest absolute Gasteiger partial charge is 0.269 e. The van der Waals surface area contributed by atoms with Gasteiger partial charge in [0, 0.05) is 75.1 Å². The zero-order chi connectivity index (χ0) is 38.1. The van der Waals surface area contributed by atoms with Gasteiger partial charge in [0.25, 0.3) is 11.6 Å². The van der Waals surface area contributed by atoms with Gasteiger partial charge in [-0.15, -0.1) is 0 Å². The summed E-state index contributed by atoms with van der Waals surface area (Å²) in [4.78, 5) is 41.5. The van der Waals surface area contributed by atoms with Gasteiger partial charge in [0.15, 0.2) is 0 Å². The van der Waals surface area contributed by atoms with Crippen molar-refractivity contribution in [2.45, 2.75) is 12.3 Å². The van der Waals surface area contributed by atoms with E-state index in [4.69, 9.17) is 24.4 Å². The third-order valence-corrected chi connectivity index (χ3v) is 9.20. The first-order chi connectivity index (χ1) is 27.0. The molecular weight excluding hydrogens is 699 g/mol. The van der Waals surface area contributed by atoms with Crippen molar-refractivity contribution in [3.8, 4) is 0 Å². The molecule has 2 heterocycles. The van der Waals surface area contributed by atoms with Crippen LogP contribution in [0.15, 0.2) is 115 Å². The molecule has 55 heavy (non-hydrogen) atoms. The predicted molar refractivity (Wildman–Crippen MR) is 214 cm³/mol. The number of amides is 1. The van der Waals surface area contributed by atoms with Crippen LogP contribution in [0.2, 0.25) is 0 Å². The topological polar surface area (TPSA) is 160 Å². The fourth-order valence-electron chi connectivity index (χ4n) is 6.32. The van der Waals surface area contributed by atoms with Crippen LogP contribution in [0.1, 0.15) is 33.8 Å². The molecule has 1 fully saturated rings. The summed E-state index contributed by atoms with van der Waals surface area (Å²) in [5, 5.41) is 20.7. The largest absolute Gasteiger partial charge is 0.377 e. The van der Waals surface area contributed by atoms with Crippen LogP contribution in [0.3, 0.4) is 0 Å². The molecule has 14 heteroatoms. The number of piperazine rings is 1. The first kappa shape index (κ1) is 38.6. The van der Waals surface area contributed by atoms with E-state index in [0.717, 1.165) is 12.1 Å². The number of rotatable bonds is 20. The first-order valence-electron chi connectivity index (χ1n) is 18.6. The van der Waals surface area contributed by atoms with Crippen molar-refractivity contribution in [3.05, 3.63) is 142 Å². The number of carbonyl (C=O) groups excluding carboxylic acids is 1. The highest BCUT2D eigenvalue weighted by Gasteiger charge is 2.22. The van der Waals surface area contributed by atoms with Crippen molar-refractivity contribution in [2.75, 3.05) is 92.7 Å². The lowest BCUT2D eigenvalue weighted by atomic mass is 9.88. The van der Waals surface area contributed by atoms with E-state index in [-0.39, 0.29) is 22.4 Å². The van der Waals surface area contributed by atoms with E-state index in [1.807, 2.05) is 30.3 Å². The van der Waals surface area contributed by atoms with E-state index in [2.05, 4.69) is 74.3 Å². The Morgan fingerprint density at radius 1 is 0.655 bits per heavy atom. The third-order valence-electron chi connectivity index (χ3n) is 9.20. The molecule has 14 nitrogen and oxygen atoms in total. The summed E-state index contributed by atoms with van der Waals surface area (Å²) in [5.74, 6) is 1.58. The summed E-state index contributed by atoms with van der Waals surface area (Å²) in [5.41, 5.74) is 4.14. The number of nitrogens with one attached hydrogen (secondary N) is 3. The molecule has 4 aromatic carbocycles. The fraction of sp³-hybridized carbons (Fsp3) is 0.317. The van der Waals surface area contributed by atoms with Crippen LogP contribution >= 0.6 is 0 Å². The number of aromatic nitrogens is 3. The number of ether oxygens (including phenoxy) is 2. The molecule has 0 bridgehead atoms. The first-order valence-corrected chi connectivity index (χ1v) is 18.6. The lowest BCUT2D eigenvalue weighted by Gasteiger charge is -2.36. The van der Waals surface area contributed by atoms with Crippen molar-refractivity contribution < 1.29 is 19.2 Å². The summed E-state index contributed by atoms with van der Waals surface area (Å²) >= 11 is 0. The average Bonchev–Trinajstić information content (AvgIpc) is 3.24. The Kier molecular flexibility index (Phi) is 14.3. The van der Waals surface area contributed by atoms with Gasteiger partial charge in [-0.3, -0.25) is 14.9 Å². The maximum absolute atomic E-state index is 12.1. The Morgan fingerprint density at radius 2 is 1.18 bits per heavy atom. The van der Waals surface area contributed by atoms with Crippen LogP contribution in [-0.2, 0) is 9.47 Å². The molecule has 1 aromatic heterocycles. The molecule has 0 spiro atoms. The minimum Gasteiger partial charge on any atom is -0.377 e. The number of hydrogen-bond acceptors (Lipinski definition) is 12. The van der Waals surface area contributed by atoms with Gasteiger partial charge in [-0.25, -0.2) is 0 Å². The Balaban J connectivity index is 1.02. The quantitative estimate of drug-likeness (QED) is 0.0514. The summed E-state index contributed by atoms with van der Waals surface area (Å²) in [6.45, 7) is 5.92. The van der Waals surface area contributed by atoms with Crippen LogP contribution in [0.5, 0.6) is 0 Å². The van der Waals surface area contributed by atoms with Gasteiger partial charge < -0.3 is 35.2 Å². The molecule has 0 saturated carbocycles. The number of nitro benzene ring substituents is 1. The molecule has 0 atom stereocenters. The molecule has 0 unspecified atom stereocenters. The van der Waals surface area contributed by atoms with Gasteiger partial charge in [0.2, 0.25) is 17.8 Å². The molecule has 1 saturated heterocycles. The van der Waals surface area contributed by atoms with E-state index >= 15 is 0 Å². The van der Waals surface area contributed by atoms with Gasteiger partial charge >= 0.3 is 0 Å². The molecule has 0 radical (unpaired) electrons. The van der Waals surface area contributed by atoms with Crippen LogP contribution in [0.4, 0.5) is 29.2 Å². The number of nitrogens with zero attached hydrogens (tertiary/aromatic N) is 6. The Morgan fingerprint density at radius 3 is 1.76 bits per heavy atom. The summed E-state index contributed by atoms with van der Waals surface area (Å²) in [6.07, 6.45) is 0.834. The lowest BCUT2D eigenvalue weighted by Crippen LogP contribution is -2.47. The Hall–Kier alpha value is -6.12. The number of nitro groups is 1. The van der Waals surface area contributed by atoms with Gasteiger partial charge in [-0.05, 0) is 41.8 Å². The molecule has 1 aliphatic rings. The standard InChI is InChI=1S/C41H47N9O5/c51-38(34-14-8-3-9-15-34)42-22-28-54-30-31-55-29-23-44-40-45-39(43-21-20-37(32-10-4-1-5-11-32)33-12-6-2-7-13-33)46-41(47-40)49-26-24-48(25-27-49)35-16-18-36(19-17-35)50(52)53/h1-19,37H,20-31H2,(H,42,51)(H2,43,44,45,46,47). The van der Waals surface area contributed by atoms with E-state index in [0.29, 0.717) is 95.6 Å². The minimum atomic E-state index is -0.386. The molecule has 286 valence electrons. The lowest BCUT2D eigenvalue weighted by molar-refractivity contribution is -0.384. The number of non-ortho nitro benzene ring substituents is 1. The Labute approximate surface area is 321 Å². The van der Waals surface area contributed by atoms with Crippen molar-refractivity contribution >= 4 is 35.1 Å². The minimum absolute atomic E-state index is 0.0756. The van der Waals surface area contributed by atoms with Crippen molar-refractivity contribution in [2.24, 2.45) is 0 Å². The van der Waals surface area contributed by atoms with E-state index in [1.54, 1.807) is 24.3 Å². The fourth-order valence-corrected chi connectivity index (χ4v) is 6.32. The van der Waals surface area contributed by atoms with Crippen LogP contribution in [0, 0.1) is 10.1 Å². The van der Waals surface area contributed by atoms with Gasteiger partial charge in [0.05, 0.1) is 31.4 Å². The summed E-state index contributed by atoms with van der Waals surface area (Å²) in [7, 11) is 0.